The Hall–Kier alpha value is -1.11. The lowest BCUT2D eigenvalue weighted by atomic mass is 9.93. The third kappa shape index (κ3) is 4.18. The molecule has 2 rings (SSSR count). The first-order valence-electron chi connectivity index (χ1n) is 7.21. The quantitative estimate of drug-likeness (QED) is 0.836. The lowest BCUT2D eigenvalue weighted by molar-refractivity contribution is 0.242. The predicted molar refractivity (Wildman–Crippen MR) is 86.2 cm³/mol. The summed E-state index contributed by atoms with van der Waals surface area (Å²) in [5.74, 6) is 0. The molecular weight excluding hydrogens is 286 g/mol. The molecule has 1 aromatic carbocycles. The molecule has 21 heavy (non-hydrogen) atoms. The lowest BCUT2D eigenvalue weighted by Gasteiger charge is -2.28. The molecule has 0 aromatic heterocycles. The van der Waals surface area contributed by atoms with E-state index in [0.29, 0.717) is 11.4 Å². The standard InChI is InChI=1S/C15H25N3O2S/c1-15(2,11-18(3)4)10-17-21(19,20)13-5-6-14-12(9-13)7-8-16-14/h5-6,9,16-17H,7-8,10-11H2,1-4H3. The number of nitrogens with zero attached hydrogens (tertiary/aromatic N) is 1. The molecule has 0 unspecified atom stereocenters. The molecule has 6 heteroatoms. The van der Waals surface area contributed by atoms with Gasteiger partial charge in [-0.25, -0.2) is 13.1 Å². The summed E-state index contributed by atoms with van der Waals surface area (Å²) in [7, 11) is 0.533. The van der Waals surface area contributed by atoms with Gasteiger partial charge in [-0.3, -0.25) is 0 Å². The number of hydrogen-bond donors (Lipinski definition) is 2. The zero-order chi connectivity index (χ0) is 15.7. The highest BCUT2D eigenvalue weighted by molar-refractivity contribution is 7.89. The van der Waals surface area contributed by atoms with Crippen molar-refractivity contribution in [1.82, 2.24) is 9.62 Å². The Balaban J connectivity index is 2.08. The maximum absolute atomic E-state index is 12.4. The first-order chi connectivity index (χ1) is 9.70. The summed E-state index contributed by atoms with van der Waals surface area (Å²) in [5.41, 5.74) is 2.00. The van der Waals surface area contributed by atoms with E-state index in [2.05, 4.69) is 28.8 Å². The van der Waals surface area contributed by atoms with E-state index in [0.717, 1.165) is 30.8 Å². The van der Waals surface area contributed by atoms with Gasteiger partial charge in [-0.15, -0.1) is 0 Å². The molecule has 0 fully saturated rings. The van der Waals surface area contributed by atoms with Crippen LogP contribution in [-0.4, -0.2) is 47.0 Å². The van der Waals surface area contributed by atoms with E-state index in [9.17, 15) is 8.42 Å². The van der Waals surface area contributed by atoms with E-state index in [1.54, 1.807) is 12.1 Å². The molecule has 0 spiro atoms. The van der Waals surface area contributed by atoms with Crippen LogP contribution in [0.4, 0.5) is 5.69 Å². The van der Waals surface area contributed by atoms with Crippen molar-refractivity contribution < 1.29 is 8.42 Å². The molecule has 0 amide bonds. The molecule has 1 aromatic rings. The van der Waals surface area contributed by atoms with Crippen molar-refractivity contribution in [3.8, 4) is 0 Å². The van der Waals surface area contributed by atoms with Gasteiger partial charge in [-0.1, -0.05) is 13.8 Å². The molecule has 0 saturated carbocycles. The number of fused-ring (bicyclic) bond motifs is 1. The average molecular weight is 311 g/mol. The first kappa shape index (κ1) is 16.3. The molecule has 0 aliphatic carbocycles. The number of anilines is 1. The van der Waals surface area contributed by atoms with E-state index in [4.69, 9.17) is 0 Å². The number of benzene rings is 1. The Bertz CT molecular complexity index is 609. The minimum absolute atomic E-state index is 0.116. The summed E-state index contributed by atoms with van der Waals surface area (Å²) in [4.78, 5) is 2.42. The second kappa shape index (κ2) is 5.94. The Morgan fingerprint density at radius 2 is 2.05 bits per heavy atom. The highest BCUT2D eigenvalue weighted by Crippen LogP contribution is 2.25. The van der Waals surface area contributed by atoms with Crippen LogP contribution < -0.4 is 10.0 Å². The minimum Gasteiger partial charge on any atom is -0.384 e. The topological polar surface area (TPSA) is 61.4 Å². The molecule has 0 saturated heterocycles. The molecule has 2 N–H and O–H groups in total. The highest BCUT2D eigenvalue weighted by atomic mass is 32.2. The maximum Gasteiger partial charge on any atom is 0.240 e. The normalized spacial score (nSPS) is 15.1. The SMILES string of the molecule is CN(C)CC(C)(C)CNS(=O)(=O)c1ccc2c(c1)CCN2. The fourth-order valence-electron chi connectivity index (χ4n) is 2.73. The second-order valence-electron chi connectivity index (χ2n) is 6.72. The molecule has 5 nitrogen and oxygen atoms in total. The number of nitrogens with one attached hydrogen (secondary N) is 2. The van der Waals surface area contributed by atoms with Crippen LogP contribution in [0.5, 0.6) is 0 Å². The molecule has 1 aliphatic heterocycles. The highest BCUT2D eigenvalue weighted by Gasteiger charge is 2.24. The second-order valence-corrected chi connectivity index (χ2v) is 8.49. The van der Waals surface area contributed by atoms with Crippen LogP contribution in [0.3, 0.4) is 0 Å². The molecule has 0 atom stereocenters. The molecular formula is C15H25N3O2S. The summed E-state index contributed by atoms with van der Waals surface area (Å²) in [5, 5.41) is 3.24. The Kier molecular flexibility index (Phi) is 4.60. The van der Waals surface area contributed by atoms with E-state index < -0.39 is 10.0 Å². The summed E-state index contributed by atoms with van der Waals surface area (Å²) >= 11 is 0. The molecule has 118 valence electrons. The van der Waals surface area contributed by atoms with Gasteiger partial charge >= 0.3 is 0 Å². The van der Waals surface area contributed by atoms with E-state index >= 15 is 0 Å². The third-order valence-electron chi connectivity index (χ3n) is 3.58. The van der Waals surface area contributed by atoms with Gasteiger partial charge in [0.1, 0.15) is 0 Å². The van der Waals surface area contributed by atoms with Gasteiger partial charge in [0.05, 0.1) is 4.90 Å². The summed E-state index contributed by atoms with van der Waals surface area (Å²) in [6.07, 6.45) is 0.880. The van der Waals surface area contributed by atoms with Crippen LogP contribution in [0.2, 0.25) is 0 Å². The van der Waals surface area contributed by atoms with Crippen molar-refractivity contribution in [3.05, 3.63) is 23.8 Å². The van der Waals surface area contributed by atoms with Gasteiger partial charge in [-0.05, 0) is 49.7 Å². The van der Waals surface area contributed by atoms with Gasteiger partial charge in [0.2, 0.25) is 10.0 Å². The molecule has 1 heterocycles. The number of sulfonamides is 1. The Morgan fingerprint density at radius 3 is 2.71 bits per heavy atom. The smallest absolute Gasteiger partial charge is 0.240 e. The minimum atomic E-state index is -3.45. The zero-order valence-corrected chi connectivity index (χ0v) is 14.0. The van der Waals surface area contributed by atoms with Crippen LogP contribution in [0, 0.1) is 5.41 Å². The lowest BCUT2D eigenvalue weighted by Crippen LogP contribution is -2.39. The first-order valence-corrected chi connectivity index (χ1v) is 8.69. The van der Waals surface area contributed by atoms with Gasteiger partial charge < -0.3 is 10.2 Å². The van der Waals surface area contributed by atoms with Crippen LogP contribution >= 0.6 is 0 Å². The largest absolute Gasteiger partial charge is 0.384 e. The van der Waals surface area contributed by atoms with Crippen molar-refractivity contribution in [3.63, 3.8) is 0 Å². The summed E-state index contributed by atoms with van der Waals surface area (Å²) < 4.78 is 27.6. The summed E-state index contributed by atoms with van der Waals surface area (Å²) in [6.45, 7) is 6.23. The van der Waals surface area contributed by atoms with Crippen LogP contribution in [0.25, 0.3) is 0 Å². The van der Waals surface area contributed by atoms with Crippen LogP contribution in [0.15, 0.2) is 23.1 Å². The van der Waals surface area contributed by atoms with E-state index in [1.807, 2.05) is 20.2 Å². The van der Waals surface area contributed by atoms with Gasteiger partial charge in [-0.2, -0.15) is 0 Å². The van der Waals surface area contributed by atoms with Crippen molar-refractivity contribution >= 4 is 15.7 Å². The molecule has 0 radical (unpaired) electrons. The van der Waals surface area contributed by atoms with Crippen LogP contribution in [-0.2, 0) is 16.4 Å². The van der Waals surface area contributed by atoms with Crippen molar-refractivity contribution in [2.75, 3.05) is 39.0 Å². The van der Waals surface area contributed by atoms with Gasteiger partial charge in [0.25, 0.3) is 0 Å². The van der Waals surface area contributed by atoms with Gasteiger partial charge in [0.15, 0.2) is 0 Å². The van der Waals surface area contributed by atoms with Crippen LogP contribution in [0.1, 0.15) is 19.4 Å². The number of hydrogen-bond acceptors (Lipinski definition) is 4. The maximum atomic E-state index is 12.4. The average Bonchev–Trinajstić information content (AvgIpc) is 2.82. The summed E-state index contributed by atoms with van der Waals surface area (Å²) in [6, 6.07) is 5.29. The monoisotopic (exact) mass is 311 g/mol. The zero-order valence-electron chi connectivity index (χ0n) is 13.2. The van der Waals surface area contributed by atoms with E-state index in [1.165, 1.54) is 0 Å². The molecule has 1 aliphatic rings. The fourth-order valence-corrected chi connectivity index (χ4v) is 4.03. The van der Waals surface area contributed by atoms with E-state index in [-0.39, 0.29) is 5.41 Å². The van der Waals surface area contributed by atoms with Gasteiger partial charge in [0, 0.05) is 25.3 Å². The van der Waals surface area contributed by atoms with Crippen molar-refractivity contribution in [2.45, 2.75) is 25.2 Å². The fraction of sp³-hybridized carbons (Fsp3) is 0.600. The molecule has 0 bridgehead atoms. The van der Waals surface area contributed by atoms with Crippen molar-refractivity contribution in [2.24, 2.45) is 5.41 Å². The number of rotatable bonds is 6. The Morgan fingerprint density at radius 1 is 1.33 bits per heavy atom. The van der Waals surface area contributed by atoms with Crippen molar-refractivity contribution in [1.29, 1.82) is 0 Å². The Labute approximate surface area is 127 Å². The predicted octanol–water partition coefficient (Wildman–Crippen LogP) is 1.52. The third-order valence-corrected chi connectivity index (χ3v) is 4.98.